The summed E-state index contributed by atoms with van der Waals surface area (Å²) in [6.45, 7) is 4.57. The van der Waals surface area contributed by atoms with E-state index in [-0.39, 0.29) is 11.9 Å². The zero-order valence-electron chi connectivity index (χ0n) is 15.2. The largest absolute Gasteiger partial charge is 0.469 e. The molecule has 25 heavy (non-hydrogen) atoms. The topological polar surface area (TPSA) is 60.3 Å². The third-order valence-electron chi connectivity index (χ3n) is 4.26. The van der Waals surface area contributed by atoms with Crippen LogP contribution in [0.15, 0.2) is 36.4 Å². The number of aromatic nitrogens is 1. The van der Waals surface area contributed by atoms with Crippen LogP contribution in [0.25, 0.3) is 5.69 Å². The Hall–Kier alpha value is -2.56. The van der Waals surface area contributed by atoms with Crippen molar-refractivity contribution in [2.45, 2.75) is 39.5 Å². The number of hydrogen-bond acceptors (Lipinski definition) is 3. The molecule has 5 heteroatoms. The summed E-state index contributed by atoms with van der Waals surface area (Å²) in [5.74, 6) is -0.236. The van der Waals surface area contributed by atoms with Gasteiger partial charge in [-0.1, -0.05) is 24.6 Å². The molecule has 0 atom stereocenters. The lowest BCUT2D eigenvalue weighted by Gasteiger charge is -2.10. The van der Waals surface area contributed by atoms with E-state index in [9.17, 15) is 9.59 Å². The highest BCUT2D eigenvalue weighted by atomic mass is 16.5. The molecule has 1 N–H and O–H groups in total. The fraction of sp³-hybridized carbons (Fsp3) is 0.400. The predicted molar refractivity (Wildman–Crippen MR) is 98.1 cm³/mol. The summed E-state index contributed by atoms with van der Waals surface area (Å²) in [6, 6.07) is 11.9. The van der Waals surface area contributed by atoms with Gasteiger partial charge >= 0.3 is 5.97 Å². The van der Waals surface area contributed by atoms with Crippen molar-refractivity contribution in [2.75, 3.05) is 13.7 Å². The first-order chi connectivity index (χ1) is 12.0. The van der Waals surface area contributed by atoms with Crippen molar-refractivity contribution in [3.63, 3.8) is 0 Å². The highest BCUT2D eigenvalue weighted by Crippen LogP contribution is 2.20. The third-order valence-corrected chi connectivity index (χ3v) is 4.26. The standard InChI is InChI=1S/C20H26N2O3/c1-15-14-18(16(2)22(15)17-10-6-4-7-11-17)20(24)21-13-9-5-8-12-19(23)25-3/h4,6-7,10-11,14H,5,8-9,12-13H2,1-3H3,(H,21,24). The zero-order valence-corrected chi connectivity index (χ0v) is 15.2. The molecule has 0 saturated heterocycles. The van der Waals surface area contributed by atoms with Crippen LogP contribution in [0, 0.1) is 13.8 Å². The first-order valence-corrected chi connectivity index (χ1v) is 8.64. The van der Waals surface area contributed by atoms with Crippen LogP contribution in [0.1, 0.15) is 47.4 Å². The SMILES string of the molecule is COC(=O)CCCCCNC(=O)c1cc(C)n(-c2ccccc2)c1C. The normalized spacial score (nSPS) is 10.5. The summed E-state index contributed by atoms with van der Waals surface area (Å²) >= 11 is 0. The van der Waals surface area contributed by atoms with Gasteiger partial charge in [-0.3, -0.25) is 9.59 Å². The second-order valence-electron chi connectivity index (χ2n) is 6.10. The van der Waals surface area contributed by atoms with Crippen LogP contribution in [0.5, 0.6) is 0 Å². The fourth-order valence-electron chi connectivity index (χ4n) is 2.94. The molecule has 1 heterocycles. The van der Waals surface area contributed by atoms with E-state index in [2.05, 4.69) is 14.6 Å². The van der Waals surface area contributed by atoms with Gasteiger partial charge in [-0.2, -0.15) is 0 Å². The van der Waals surface area contributed by atoms with Crippen molar-refractivity contribution in [1.29, 1.82) is 0 Å². The molecule has 1 aromatic carbocycles. The fourth-order valence-corrected chi connectivity index (χ4v) is 2.94. The Bertz CT molecular complexity index is 720. The molecule has 0 radical (unpaired) electrons. The van der Waals surface area contributed by atoms with Gasteiger partial charge in [-0.15, -0.1) is 0 Å². The number of esters is 1. The maximum absolute atomic E-state index is 12.5. The maximum Gasteiger partial charge on any atom is 0.305 e. The molecule has 0 spiro atoms. The summed E-state index contributed by atoms with van der Waals surface area (Å²) in [4.78, 5) is 23.5. The van der Waals surface area contributed by atoms with Gasteiger partial charge in [-0.05, 0) is 44.9 Å². The molecule has 0 bridgehead atoms. The van der Waals surface area contributed by atoms with Crippen LogP contribution in [0.2, 0.25) is 0 Å². The Morgan fingerprint density at radius 3 is 2.48 bits per heavy atom. The van der Waals surface area contributed by atoms with Crippen LogP contribution in [0.3, 0.4) is 0 Å². The number of carbonyl (C=O) groups excluding carboxylic acids is 2. The Morgan fingerprint density at radius 2 is 1.80 bits per heavy atom. The Labute approximate surface area is 149 Å². The molecule has 0 aliphatic carbocycles. The van der Waals surface area contributed by atoms with Crippen molar-refractivity contribution < 1.29 is 14.3 Å². The lowest BCUT2D eigenvalue weighted by atomic mass is 10.2. The average Bonchev–Trinajstić information content (AvgIpc) is 2.92. The molecule has 0 unspecified atom stereocenters. The number of para-hydroxylation sites is 1. The highest BCUT2D eigenvalue weighted by molar-refractivity contribution is 5.95. The third kappa shape index (κ3) is 4.95. The van der Waals surface area contributed by atoms with E-state index in [0.29, 0.717) is 18.5 Å². The first kappa shape index (κ1) is 18.8. The number of rotatable bonds is 8. The second kappa shape index (κ2) is 9.06. The van der Waals surface area contributed by atoms with E-state index < -0.39 is 0 Å². The number of nitrogens with one attached hydrogen (secondary N) is 1. The lowest BCUT2D eigenvalue weighted by molar-refractivity contribution is -0.140. The van der Waals surface area contributed by atoms with Gasteiger partial charge in [0.05, 0.1) is 12.7 Å². The number of aryl methyl sites for hydroxylation is 1. The number of hydrogen-bond donors (Lipinski definition) is 1. The maximum atomic E-state index is 12.5. The summed E-state index contributed by atoms with van der Waals surface area (Å²) in [5, 5.41) is 2.97. The first-order valence-electron chi connectivity index (χ1n) is 8.64. The van der Waals surface area contributed by atoms with Crippen LogP contribution in [-0.4, -0.2) is 30.1 Å². The predicted octanol–water partition coefficient (Wildman–Crippen LogP) is 3.56. The van der Waals surface area contributed by atoms with E-state index in [1.54, 1.807) is 0 Å². The van der Waals surface area contributed by atoms with Crippen molar-refractivity contribution in [3.05, 3.63) is 53.3 Å². The summed E-state index contributed by atoms with van der Waals surface area (Å²) in [6.07, 6.45) is 2.95. The average molecular weight is 342 g/mol. The number of ether oxygens (including phenoxy) is 1. The number of methoxy groups -OCH3 is 1. The molecule has 134 valence electrons. The van der Waals surface area contributed by atoms with E-state index in [1.807, 2.05) is 50.2 Å². The summed E-state index contributed by atoms with van der Waals surface area (Å²) in [5.41, 5.74) is 3.73. The minimum Gasteiger partial charge on any atom is -0.469 e. The second-order valence-corrected chi connectivity index (χ2v) is 6.10. The molecule has 0 saturated carbocycles. The minimum atomic E-state index is -0.183. The Kier molecular flexibility index (Phi) is 6.81. The van der Waals surface area contributed by atoms with Crippen LogP contribution in [-0.2, 0) is 9.53 Å². The molecule has 1 aromatic heterocycles. The smallest absolute Gasteiger partial charge is 0.305 e. The molecule has 1 amide bonds. The van der Waals surface area contributed by atoms with Gasteiger partial charge < -0.3 is 14.6 Å². The van der Waals surface area contributed by atoms with Gasteiger partial charge in [-0.25, -0.2) is 0 Å². The van der Waals surface area contributed by atoms with E-state index >= 15 is 0 Å². The molecule has 5 nitrogen and oxygen atoms in total. The van der Waals surface area contributed by atoms with Crippen molar-refractivity contribution >= 4 is 11.9 Å². The Balaban J connectivity index is 1.89. The molecular formula is C20H26N2O3. The van der Waals surface area contributed by atoms with Crippen molar-refractivity contribution in [3.8, 4) is 5.69 Å². The van der Waals surface area contributed by atoms with Gasteiger partial charge in [0.15, 0.2) is 0 Å². The number of benzene rings is 1. The quantitative estimate of drug-likeness (QED) is 0.589. The van der Waals surface area contributed by atoms with E-state index in [1.165, 1.54) is 7.11 Å². The molecule has 2 aromatic rings. The van der Waals surface area contributed by atoms with Gasteiger partial charge in [0.2, 0.25) is 0 Å². The number of amides is 1. The van der Waals surface area contributed by atoms with E-state index in [4.69, 9.17) is 0 Å². The van der Waals surface area contributed by atoms with Crippen molar-refractivity contribution in [1.82, 2.24) is 9.88 Å². The number of nitrogens with zero attached hydrogens (tertiary/aromatic N) is 1. The molecule has 2 rings (SSSR count). The summed E-state index contributed by atoms with van der Waals surface area (Å²) in [7, 11) is 1.40. The molecule has 0 aliphatic heterocycles. The monoisotopic (exact) mass is 342 g/mol. The van der Waals surface area contributed by atoms with Gasteiger partial charge in [0.25, 0.3) is 5.91 Å². The lowest BCUT2D eigenvalue weighted by Crippen LogP contribution is -2.25. The number of unbranched alkanes of at least 4 members (excludes halogenated alkanes) is 2. The molecule has 0 fully saturated rings. The van der Waals surface area contributed by atoms with Gasteiger partial charge in [0, 0.05) is 30.0 Å². The van der Waals surface area contributed by atoms with Crippen LogP contribution >= 0.6 is 0 Å². The summed E-state index contributed by atoms with van der Waals surface area (Å²) < 4.78 is 6.69. The molecule has 0 aliphatic rings. The van der Waals surface area contributed by atoms with Gasteiger partial charge in [0.1, 0.15) is 0 Å². The highest BCUT2D eigenvalue weighted by Gasteiger charge is 2.16. The Morgan fingerprint density at radius 1 is 1.08 bits per heavy atom. The van der Waals surface area contributed by atoms with Crippen LogP contribution in [0.4, 0.5) is 0 Å². The van der Waals surface area contributed by atoms with Crippen molar-refractivity contribution in [2.24, 2.45) is 0 Å². The molecular weight excluding hydrogens is 316 g/mol. The number of carbonyl (C=O) groups is 2. The minimum absolute atomic E-state index is 0.0525. The van der Waals surface area contributed by atoms with E-state index in [0.717, 1.165) is 36.3 Å². The van der Waals surface area contributed by atoms with Crippen LogP contribution < -0.4 is 5.32 Å². The zero-order chi connectivity index (χ0) is 18.2.